The maximum atomic E-state index is 10.3. The van der Waals surface area contributed by atoms with Gasteiger partial charge in [0.25, 0.3) is 0 Å². The average Bonchev–Trinajstić information content (AvgIpc) is 2.31. The van der Waals surface area contributed by atoms with E-state index in [1.165, 1.54) is 16.7 Å². The Hall–Kier alpha value is -1.61. The van der Waals surface area contributed by atoms with Gasteiger partial charge in [-0.15, -0.1) is 0 Å². The highest BCUT2D eigenvalue weighted by Crippen LogP contribution is 2.26. The van der Waals surface area contributed by atoms with Gasteiger partial charge in [0.05, 0.1) is 0 Å². The predicted octanol–water partition coefficient (Wildman–Crippen LogP) is 2.81. The molecule has 0 spiro atoms. The van der Waals surface area contributed by atoms with Crippen molar-refractivity contribution in [2.24, 2.45) is 0 Å². The summed E-state index contributed by atoms with van der Waals surface area (Å²) in [6.45, 7) is 10.00. The summed E-state index contributed by atoms with van der Waals surface area (Å²) in [6, 6.07) is 6.50. The standard InChI is InChI=1S/C16H23NO2/c1-12-7-8-13(2)14(10-12)16(3,4)11-17-9-5-6-15(18)19/h5-8,10,17H,9,11H2,1-4H3,(H,18,19)/b6-5+. The minimum atomic E-state index is -0.907. The Labute approximate surface area is 115 Å². The monoisotopic (exact) mass is 261 g/mol. The summed E-state index contributed by atoms with van der Waals surface area (Å²) in [6.07, 6.45) is 2.79. The van der Waals surface area contributed by atoms with Gasteiger partial charge in [0.1, 0.15) is 0 Å². The molecule has 19 heavy (non-hydrogen) atoms. The molecule has 0 fully saturated rings. The van der Waals surface area contributed by atoms with E-state index in [0.29, 0.717) is 6.54 Å². The number of hydrogen-bond acceptors (Lipinski definition) is 2. The summed E-state index contributed by atoms with van der Waals surface area (Å²) in [7, 11) is 0. The van der Waals surface area contributed by atoms with Crippen molar-refractivity contribution in [2.75, 3.05) is 13.1 Å². The molecule has 1 aromatic rings. The highest BCUT2D eigenvalue weighted by molar-refractivity contribution is 5.79. The van der Waals surface area contributed by atoms with Crippen molar-refractivity contribution in [3.8, 4) is 0 Å². The number of nitrogens with one attached hydrogen (secondary N) is 1. The zero-order valence-electron chi connectivity index (χ0n) is 12.2. The summed E-state index contributed by atoms with van der Waals surface area (Å²) in [5.41, 5.74) is 3.91. The van der Waals surface area contributed by atoms with Gasteiger partial charge in [-0.05, 0) is 25.0 Å². The molecule has 0 amide bonds. The van der Waals surface area contributed by atoms with Crippen LogP contribution in [0.25, 0.3) is 0 Å². The number of carbonyl (C=O) groups is 1. The summed E-state index contributed by atoms with van der Waals surface area (Å²) in [5.74, 6) is -0.907. The van der Waals surface area contributed by atoms with E-state index in [1.807, 2.05) is 0 Å². The molecule has 1 aromatic carbocycles. The molecule has 3 heteroatoms. The fourth-order valence-corrected chi connectivity index (χ4v) is 2.19. The van der Waals surface area contributed by atoms with Crippen molar-refractivity contribution in [3.05, 3.63) is 47.0 Å². The van der Waals surface area contributed by atoms with Crippen molar-refractivity contribution in [2.45, 2.75) is 33.1 Å². The largest absolute Gasteiger partial charge is 0.478 e. The normalized spacial score (nSPS) is 12.0. The Morgan fingerprint density at radius 1 is 1.37 bits per heavy atom. The van der Waals surface area contributed by atoms with Crippen LogP contribution in [0.5, 0.6) is 0 Å². The first kappa shape index (κ1) is 15.4. The van der Waals surface area contributed by atoms with Gasteiger partial charge in [-0.3, -0.25) is 0 Å². The number of carboxylic acid groups (broad SMARTS) is 1. The lowest BCUT2D eigenvalue weighted by atomic mass is 9.81. The molecule has 1 rings (SSSR count). The first-order valence-corrected chi connectivity index (χ1v) is 6.51. The summed E-state index contributed by atoms with van der Waals surface area (Å²) < 4.78 is 0. The van der Waals surface area contributed by atoms with Crippen LogP contribution in [0.15, 0.2) is 30.4 Å². The molecule has 0 radical (unpaired) electrons. The van der Waals surface area contributed by atoms with E-state index in [2.05, 4.69) is 51.2 Å². The number of aryl methyl sites for hydroxylation is 2. The second-order valence-electron chi connectivity index (χ2n) is 5.57. The number of aliphatic carboxylic acids is 1. The Morgan fingerprint density at radius 3 is 2.68 bits per heavy atom. The van der Waals surface area contributed by atoms with Gasteiger partial charge in [-0.25, -0.2) is 4.79 Å². The van der Waals surface area contributed by atoms with E-state index in [0.717, 1.165) is 12.6 Å². The molecular weight excluding hydrogens is 238 g/mol. The first-order valence-electron chi connectivity index (χ1n) is 6.51. The Kier molecular flexibility index (Phi) is 5.31. The predicted molar refractivity (Wildman–Crippen MR) is 78.6 cm³/mol. The second-order valence-corrected chi connectivity index (χ2v) is 5.57. The third kappa shape index (κ3) is 4.87. The van der Waals surface area contributed by atoms with Gasteiger partial charge in [0.2, 0.25) is 0 Å². The van der Waals surface area contributed by atoms with E-state index in [-0.39, 0.29) is 5.41 Å². The molecule has 2 N–H and O–H groups in total. The lowest BCUT2D eigenvalue weighted by molar-refractivity contribution is -0.131. The van der Waals surface area contributed by atoms with Crippen molar-refractivity contribution in [1.29, 1.82) is 0 Å². The number of hydrogen-bond donors (Lipinski definition) is 2. The van der Waals surface area contributed by atoms with Crippen LogP contribution in [0.3, 0.4) is 0 Å². The zero-order valence-corrected chi connectivity index (χ0v) is 12.2. The van der Waals surface area contributed by atoms with Crippen LogP contribution in [0.2, 0.25) is 0 Å². The van der Waals surface area contributed by atoms with Gasteiger partial charge in [-0.2, -0.15) is 0 Å². The van der Waals surface area contributed by atoms with E-state index in [1.54, 1.807) is 6.08 Å². The van der Waals surface area contributed by atoms with Crippen molar-refractivity contribution in [3.63, 3.8) is 0 Å². The quantitative estimate of drug-likeness (QED) is 0.611. The van der Waals surface area contributed by atoms with E-state index in [4.69, 9.17) is 5.11 Å². The Morgan fingerprint density at radius 2 is 2.05 bits per heavy atom. The third-order valence-electron chi connectivity index (χ3n) is 3.21. The molecule has 104 valence electrons. The van der Waals surface area contributed by atoms with Gasteiger partial charge in [-0.1, -0.05) is 43.7 Å². The fourth-order valence-electron chi connectivity index (χ4n) is 2.19. The topological polar surface area (TPSA) is 49.3 Å². The van der Waals surface area contributed by atoms with Gasteiger partial charge in [0.15, 0.2) is 0 Å². The molecule has 0 aliphatic heterocycles. The zero-order chi connectivity index (χ0) is 14.5. The van der Waals surface area contributed by atoms with E-state index < -0.39 is 5.97 Å². The highest BCUT2D eigenvalue weighted by atomic mass is 16.4. The van der Waals surface area contributed by atoms with E-state index >= 15 is 0 Å². The molecule has 0 saturated heterocycles. The maximum Gasteiger partial charge on any atom is 0.328 e. The molecule has 0 aromatic heterocycles. The van der Waals surface area contributed by atoms with Crippen LogP contribution >= 0.6 is 0 Å². The summed E-state index contributed by atoms with van der Waals surface area (Å²) >= 11 is 0. The number of carboxylic acids is 1. The smallest absolute Gasteiger partial charge is 0.328 e. The van der Waals surface area contributed by atoms with Crippen LogP contribution in [-0.2, 0) is 10.2 Å². The van der Waals surface area contributed by atoms with Gasteiger partial charge < -0.3 is 10.4 Å². The van der Waals surface area contributed by atoms with Gasteiger partial charge in [0, 0.05) is 24.6 Å². The Bertz CT molecular complexity index is 476. The van der Waals surface area contributed by atoms with Crippen LogP contribution in [0.1, 0.15) is 30.5 Å². The SMILES string of the molecule is Cc1ccc(C)c(C(C)(C)CNC/C=C/C(=O)O)c1. The molecule has 0 saturated carbocycles. The van der Waals surface area contributed by atoms with Crippen LogP contribution in [0, 0.1) is 13.8 Å². The molecule has 0 aliphatic rings. The molecule has 0 atom stereocenters. The van der Waals surface area contributed by atoms with Gasteiger partial charge >= 0.3 is 5.97 Å². The molecule has 0 aliphatic carbocycles. The molecule has 0 bridgehead atoms. The van der Waals surface area contributed by atoms with Crippen LogP contribution in [0.4, 0.5) is 0 Å². The third-order valence-corrected chi connectivity index (χ3v) is 3.21. The lowest BCUT2D eigenvalue weighted by Crippen LogP contribution is -2.33. The van der Waals surface area contributed by atoms with Crippen molar-refractivity contribution in [1.82, 2.24) is 5.32 Å². The van der Waals surface area contributed by atoms with Crippen LogP contribution < -0.4 is 5.32 Å². The number of benzene rings is 1. The molecule has 0 unspecified atom stereocenters. The van der Waals surface area contributed by atoms with Crippen LogP contribution in [-0.4, -0.2) is 24.2 Å². The average molecular weight is 261 g/mol. The fraction of sp³-hybridized carbons (Fsp3) is 0.438. The van der Waals surface area contributed by atoms with E-state index in [9.17, 15) is 4.79 Å². The lowest BCUT2D eigenvalue weighted by Gasteiger charge is -2.28. The first-order chi connectivity index (χ1) is 8.83. The minimum absolute atomic E-state index is 0.0210. The number of rotatable bonds is 6. The highest BCUT2D eigenvalue weighted by Gasteiger charge is 2.21. The Balaban J connectivity index is 2.65. The minimum Gasteiger partial charge on any atom is -0.478 e. The molecular formula is C16H23NO2. The summed E-state index contributed by atoms with van der Waals surface area (Å²) in [4.78, 5) is 10.3. The molecule has 3 nitrogen and oxygen atoms in total. The maximum absolute atomic E-state index is 10.3. The molecule has 0 heterocycles. The summed E-state index contributed by atoms with van der Waals surface area (Å²) in [5, 5.41) is 11.8. The van der Waals surface area contributed by atoms with Crippen molar-refractivity contribution >= 4 is 5.97 Å². The second kappa shape index (κ2) is 6.53. The van der Waals surface area contributed by atoms with Crippen molar-refractivity contribution < 1.29 is 9.90 Å².